The van der Waals surface area contributed by atoms with Gasteiger partial charge in [0.2, 0.25) is 5.91 Å². The van der Waals surface area contributed by atoms with E-state index in [-0.39, 0.29) is 17.7 Å². The van der Waals surface area contributed by atoms with Gasteiger partial charge >= 0.3 is 0 Å². The van der Waals surface area contributed by atoms with Gasteiger partial charge in [0.15, 0.2) is 0 Å². The zero-order chi connectivity index (χ0) is 17.8. The summed E-state index contributed by atoms with van der Waals surface area (Å²) in [5.41, 5.74) is 5.86. The number of nitrogens with two attached hydrogens (primary N) is 1. The van der Waals surface area contributed by atoms with Gasteiger partial charge in [-0.2, -0.15) is 0 Å². The van der Waals surface area contributed by atoms with E-state index in [2.05, 4.69) is 9.88 Å². The van der Waals surface area contributed by atoms with Crippen LogP contribution in [0.5, 0.6) is 0 Å². The molecule has 25 heavy (non-hydrogen) atoms. The number of likely N-dealkylation sites (tertiary alicyclic amines) is 1. The van der Waals surface area contributed by atoms with E-state index < -0.39 is 0 Å². The summed E-state index contributed by atoms with van der Waals surface area (Å²) in [7, 11) is 0. The van der Waals surface area contributed by atoms with E-state index in [0.29, 0.717) is 22.8 Å². The molecule has 0 bridgehead atoms. The summed E-state index contributed by atoms with van der Waals surface area (Å²) < 4.78 is 0. The van der Waals surface area contributed by atoms with Crippen LogP contribution in [0, 0.1) is 5.92 Å². The maximum Gasteiger partial charge on any atom is 0.255 e. The van der Waals surface area contributed by atoms with Crippen molar-refractivity contribution in [3.05, 3.63) is 22.8 Å². The smallest absolute Gasteiger partial charge is 0.255 e. The Labute approximate surface area is 153 Å². The Morgan fingerprint density at radius 1 is 1.20 bits per heavy atom. The lowest BCUT2D eigenvalue weighted by Crippen LogP contribution is -2.38. The number of hydrogen-bond acceptors (Lipinski definition) is 4. The van der Waals surface area contributed by atoms with Gasteiger partial charge < -0.3 is 15.5 Å². The highest BCUT2D eigenvalue weighted by Crippen LogP contribution is 2.30. The number of anilines is 1. The lowest BCUT2D eigenvalue weighted by molar-refractivity contribution is -0.118. The molecule has 0 radical (unpaired) electrons. The van der Waals surface area contributed by atoms with Gasteiger partial charge in [0, 0.05) is 38.8 Å². The summed E-state index contributed by atoms with van der Waals surface area (Å²) in [6.07, 6.45) is 7.27. The maximum atomic E-state index is 12.6. The van der Waals surface area contributed by atoms with E-state index >= 15 is 0 Å². The molecular weight excluding hydrogens is 340 g/mol. The first-order valence-electron chi connectivity index (χ1n) is 9.02. The molecule has 6 nitrogen and oxygen atoms in total. The Morgan fingerprint density at radius 3 is 2.64 bits per heavy atom. The normalized spacial score (nSPS) is 21.2. The Kier molecular flexibility index (Phi) is 5.78. The SMILES string of the molecule is NC(=O)CC1CCCN(c2ncc(C(=O)N3CCCCC3)cc2Cl)C1. The lowest BCUT2D eigenvalue weighted by Gasteiger charge is -2.33. The predicted molar refractivity (Wildman–Crippen MR) is 97.7 cm³/mol. The van der Waals surface area contributed by atoms with Gasteiger partial charge in [-0.05, 0) is 44.1 Å². The fourth-order valence-corrected chi connectivity index (χ4v) is 4.05. The van der Waals surface area contributed by atoms with Gasteiger partial charge in [0.1, 0.15) is 5.82 Å². The Bertz CT molecular complexity index is 646. The highest BCUT2D eigenvalue weighted by Gasteiger charge is 2.25. The lowest BCUT2D eigenvalue weighted by atomic mass is 9.94. The molecule has 0 aliphatic carbocycles. The molecule has 0 spiro atoms. The average Bonchev–Trinajstić information content (AvgIpc) is 2.61. The summed E-state index contributed by atoms with van der Waals surface area (Å²) in [4.78, 5) is 32.2. The molecule has 3 rings (SSSR count). The third-order valence-corrected chi connectivity index (χ3v) is 5.30. The Morgan fingerprint density at radius 2 is 1.96 bits per heavy atom. The van der Waals surface area contributed by atoms with Crippen molar-refractivity contribution in [2.45, 2.75) is 38.5 Å². The van der Waals surface area contributed by atoms with Crippen molar-refractivity contribution in [3.8, 4) is 0 Å². The Hall–Kier alpha value is -1.82. The third-order valence-electron chi connectivity index (χ3n) is 5.02. The predicted octanol–water partition coefficient (Wildman–Crippen LogP) is 2.45. The molecule has 1 aromatic heterocycles. The number of rotatable bonds is 4. The molecule has 3 heterocycles. The number of carbonyl (C=O) groups excluding carboxylic acids is 2. The van der Waals surface area contributed by atoms with Crippen LogP contribution < -0.4 is 10.6 Å². The van der Waals surface area contributed by atoms with Crippen LogP contribution in [-0.2, 0) is 4.79 Å². The first-order chi connectivity index (χ1) is 12.0. The minimum Gasteiger partial charge on any atom is -0.370 e. The summed E-state index contributed by atoms with van der Waals surface area (Å²) in [6.45, 7) is 3.18. The second-order valence-electron chi connectivity index (χ2n) is 7.01. The van der Waals surface area contributed by atoms with Crippen LogP contribution in [0.4, 0.5) is 5.82 Å². The molecule has 7 heteroatoms. The zero-order valence-electron chi connectivity index (χ0n) is 14.4. The van der Waals surface area contributed by atoms with Crippen molar-refractivity contribution in [2.24, 2.45) is 11.7 Å². The second kappa shape index (κ2) is 8.04. The molecule has 2 fully saturated rings. The van der Waals surface area contributed by atoms with Crippen LogP contribution in [0.2, 0.25) is 5.02 Å². The van der Waals surface area contributed by atoms with Crippen LogP contribution in [-0.4, -0.2) is 47.9 Å². The standard InChI is InChI=1S/C18H25ClN4O2/c19-15-10-14(18(25)22-6-2-1-3-7-22)11-21-17(15)23-8-4-5-13(12-23)9-16(20)24/h10-11,13H,1-9,12H2,(H2,20,24). The molecule has 0 saturated carbocycles. The minimum absolute atomic E-state index is 0.00546. The quantitative estimate of drug-likeness (QED) is 0.889. The zero-order valence-corrected chi connectivity index (χ0v) is 15.2. The van der Waals surface area contributed by atoms with E-state index in [4.69, 9.17) is 17.3 Å². The fraction of sp³-hybridized carbons (Fsp3) is 0.611. The average molecular weight is 365 g/mol. The number of halogens is 1. The molecular formula is C18H25ClN4O2. The third kappa shape index (κ3) is 4.42. The number of piperidine rings is 2. The summed E-state index contributed by atoms with van der Waals surface area (Å²) in [5.74, 6) is 0.657. The number of hydrogen-bond donors (Lipinski definition) is 1. The van der Waals surface area contributed by atoms with Crippen molar-refractivity contribution in [1.82, 2.24) is 9.88 Å². The Balaban J connectivity index is 1.71. The van der Waals surface area contributed by atoms with Crippen molar-refractivity contribution in [3.63, 3.8) is 0 Å². The molecule has 2 amide bonds. The van der Waals surface area contributed by atoms with Gasteiger partial charge in [-0.15, -0.1) is 0 Å². The first kappa shape index (κ1) is 18.0. The number of carbonyl (C=O) groups is 2. The number of aromatic nitrogens is 1. The van der Waals surface area contributed by atoms with Crippen LogP contribution >= 0.6 is 11.6 Å². The summed E-state index contributed by atoms with van der Waals surface area (Å²) >= 11 is 6.43. The molecule has 2 saturated heterocycles. The number of amides is 2. The fourth-order valence-electron chi connectivity index (χ4n) is 3.77. The highest BCUT2D eigenvalue weighted by atomic mass is 35.5. The molecule has 2 N–H and O–H groups in total. The highest BCUT2D eigenvalue weighted by molar-refractivity contribution is 6.33. The van der Waals surface area contributed by atoms with E-state index in [1.165, 1.54) is 6.42 Å². The molecule has 2 aliphatic heterocycles. The van der Waals surface area contributed by atoms with Crippen molar-refractivity contribution in [1.29, 1.82) is 0 Å². The van der Waals surface area contributed by atoms with Gasteiger partial charge in [-0.25, -0.2) is 4.98 Å². The maximum absolute atomic E-state index is 12.6. The van der Waals surface area contributed by atoms with Gasteiger partial charge in [-0.1, -0.05) is 11.6 Å². The van der Waals surface area contributed by atoms with E-state index in [0.717, 1.165) is 51.9 Å². The van der Waals surface area contributed by atoms with Crippen LogP contribution in [0.1, 0.15) is 48.9 Å². The molecule has 0 aromatic carbocycles. The minimum atomic E-state index is -0.270. The number of pyridine rings is 1. The molecule has 2 aliphatic rings. The molecule has 136 valence electrons. The van der Waals surface area contributed by atoms with Crippen molar-refractivity contribution >= 4 is 29.2 Å². The van der Waals surface area contributed by atoms with Gasteiger partial charge in [0.05, 0.1) is 10.6 Å². The molecule has 1 atom stereocenters. The van der Waals surface area contributed by atoms with Crippen LogP contribution in [0.25, 0.3) is 0 Å². The van der Waals surface area contributed by atoms with Crippen molar-refractivity contribution < 1.29 is 9.59 Å². The van der Waals surface area contributed by atoms with E-state index in [1.54, 1.807) is 12.3 Å². The summed E-state index contributed by atoms with van der Waals surface area (Å²) in [5, 5.41) is 0.489. The molecule has 1 unspecified atom stereocenters. The second-order valence-corrected chi connectivity index (χ2v) is 7.41. The molecule has 1 aromatic rings. The van der Waals surface area contributed by atoms with Crippen molar-refractivity contribution in [2.75, 3.05) is 31.1 Å². The van der Waals surface area contributed by atoms with Crippen LogP contribution in [0.15, 0.2) is 12.3 Å². The number of nitrogens with zero attached hydrogens (tertiary/aromatic N) is 3. The largest absolute Gasteiger partial charge is 0.370 e. The van der Waals surface area contributed by atoms with Crippen LogP contribution in [0.3, 0.4) is 0 Å². The number of primary amides is 1. The summed E-state index contributed by atoms with van der Waals surface area (Å²) in [6, 6.07) is 1.72. The monoisotopic (exact) mass is 364 g/mol. The topological polar surface area (TPSA) is 79.5 Å². The first-order valence-corrected chi connectivity index (χ1v) is 9.40. The van der Waals surface area contributed by atoms with Gasteiger partial charge in [-0.3, -0.25) is 9.59 Å². The van der Waals surface area contributed by atoms with E-state index in [1.807, 2.05) is 4.90 Å². The van der Waals surface area contributed by atoms with Gasteiger partial charge in [0.25, 0.3) is 5.91 Å². The van der Waals surface area contributed by atoms with E-state index in [9.17, 15) is 9.59 Å².